The minimum Gasteiger partial charge on any atom is -0.490 e. The average Bonchev–Trinajstić information content (AvgIpc) is 3.21. The summed E-state index contributed by atoms with van der Waals surface area (Å²) in [7, 11) is -2.94. The van der Waals surface area contributed by atoms with Crippen LogP contribution in [0.1, 0.15) is 73.3 Å². The van der Waals surface area contributed by atoms with Crippen LogP contribution in [0.3, 0.4) is 0 Å². The first kappa shape index (κ1) is 33.1. The quantitative estimate of drug-likeness (QED) is 0.246. The number of halogens is 1. The number of carbonyl (C=O) groups is 1. The maximum atomic E-state index is 13.8. The summed E-state index contributed by atoms with van der Waals surface area (Å²) in [5.74, 6) is 5.74. The van der Waals surface area contributed by atoms with E-state index in [0.29, 0.717) is 42.9 Å². The van der Waals surface area contributed by atoms with Crippen molar-refractivity contribution in [2.75, 3.05) is 24.6 Å². The third-order valence-corrected chi connectivity index (χ3v) is 13.6. The molecule has 1 saturated carbocycles. The van der Waals surface area contributed by atoms with E-state index in [1.807, 2.05) is 31.2 Å². The minimum absolute atomic E-state index is 0.0233. The van der Waals surface area contributed by atoms with Crippen molar-refractivity contribution in [3.63, 3.8) is 0 Å². The number of allylic oxidation sites excluding steroid dienone is 1. The second-order valence-electron chi connectivity index (χ2n) is 14.2. The van der Waals surface area contributed by atoms with E-state index in [1.54, 1.807) is 18.5 Å². The van der Waals surface area contributed by atoms with E-state index >= 15 is 0 Å². The van der Waals surface area contributed by atoms with Crippen LogP contribution < -0.4 is 14.4 Å². The zero-order chi connectivity index (χ0) is 33.5. The van der Waals surface area contributed by atoms with Crippen molar-refractivity contribution in [1.82, 2.24) is 14.7 Å². The number of nitrogens with zero attached hydrogens (tertiary/aromatic N) is 3. The molecule has 2 aliphatic heterocycles. The molecule has 1 N–H and O–H groups in total. The molecule has 2 bridgehead atoms. The van der Waals surface area contributed by atoms with Crippen LogP contribution in [0.2, 0.25) is 5.02 Å². The van der Waals surface area contributed by atoms with Gasteiger partial charge in [0.2, 0.25) is 0 Å². The Hall–Kier alpha value is -3.40. The average molecular weight is 689 g/mol. The Morgan fingerprint density at radius 1 is 1.17 bits per heavy atom. The van der Waals surface area contributed by atoms with Gasteiger partial charge in [-0.1, -0.05) is 36.7 Å². The van der Waals surface area contributed by atoms with Crippen LogP contribution in [-0.2, 0) is 32.9 Å². The van der Waals surface area contributed by atoms with E-state index in [0.717, 1.165) is 61.7 Å². The van der Waals surface area contributed by atoms with E-state index in [9.17, 15) is 9.00 Å². The number of amides is 1. The van der Waals surface area contributed by atoms with Crippen LogP contribution in [0.5, 0.6) is 5.75 Å². The van der Waals surface area contributed by atoms with Crippen molar-refractivity contribution >= 4 is 38.8 Å². The summed E-state index contributed by atoms with van der Waals surface area (Å²) in [6, 6.07) is 13.7. The molecule has 2 aromatic carbocycles. The minimum atomic E-state index is -2.94. The smallest absolute Gasteiger partial charge is 0.262 e. The Kier molecular flexibility index (Phi) is 9.30. The van der Waals surface area contributed by atoms with Gasteiger partial charge in [0.1, 0.15) is 12.4 Å². The molecule has 254 valence electrons. The zero-order valence-electron chi connectivity index (χ0n) is 27.8. The maximum Gasteiger partial charge on any atom is 0.262 e. The lowest BCUT2D eigenvalue weighted by atomic mass is 9.68. The van der Waals surface area contributed by atoms with Crippen LogP contribution in [0.4, 0.5) is 5.69 Å². The van der Waals surface area contributed by atoms with E-state index < -0.39 is 9.71 Å². The molecule has 1 amide bonds. The first-order valence-corrected chi connectivity index (χ1v) is 19.3. The number of aromatic nitrogens is 2. The Labute approximate surface area is 289 Å². The SMILES string of the molecule is C=S1(=O)NC(=O)c2ccc3c(c2)N(C[C@@H]2CC[C@H]2[C@@H](OCc2ncccn2)/C=C/C[C@H](C)[C@H]1C)C[C@@]1(CCCc2cc(Cl)ccc21)CO3. The molecule has 0 saturated heterocycles. The molecule has 8 nitrogen and oxygen atoms in total. The third-order valence-electron chi connectivity index (χ3n) is 11.2. The molecular weight excluding hydrogens is 644 g/mol. The topological polar surface area (TPSA) is 93.7 Å². The van der Waals surface area contributed by atoms with Crippen molar-refractivity contribution in [1.29, 1.82) is 0 Å². The van der Waals surface area contributed by atoms with E-state index in [1.165, 1.54) is 11.1 Å². The molecule has 7 atom stereocenters. The van der Waals surface area contributed by atoms with Gasteiger partial charge in [-0.2, -0.15) is 0 Å². The van der Waals surface area contributed by atoms with Gasteiger partial charge in [-0.25, -0.2) is 14.2 Å². The van der Waals surface area contributed by atoms with Crippen LogP contribution in [0.15, 0.2) is 67.0 Å². The van der Waals surface area contributed by atoms with Gasteiger partial charge < -0.3 is 14.4 Å². The monoisotopic (exact) mass is 688 g/mol. The summed E-state index contributed by atoms with van der Waals surface area (Å²) in [6.07, 6.45) is 13.6. The highest BCUT2D eigenvalue weighted by molar-refractivity contribution is 7.99. The lowest BCUT2D eigenvalue weighted by Crippen LogP contribution is -2.49. The fourth-order valence-corrected chi connectivity index (χ4v) is 9.67. The first-order valence-electron chi connectivity index (χ1n) is 17.1. The second kappa shape index (κ2) is 13.5. The normalized spacial score (nSPS) is 32.5. The van der Waals surface area contributed by atoms with Crippen molar-refractivity contribution in [2.24, 2.45) is 17.8 Å². The largest absolute Gasteiger partial charge is 0.490 e. The lowest BCUT2D eigenvalue weighted by molar-refractivity contribution is -0.0249. The molecule has 48 heavy (non-hydrogen) atoms. The van der Waals surface area contributed by atoms with E-state index in [4.69, 9.17) is 21.1 Å². The number of fused-ring (bicyclic) bond motifs is 4. The Balaban J connectivity index is 1.28. The molecule has 2 aliphatic carbocycles. The fourth-order valence-electron chi connectivity index (χ4n) is 7.99. The van der Waals surface area contributed by atoms with Crippen LogP contribution in [0.25, 0.3) is 0 Å². The molecule has 1 spiro atoms. The number of anilines is 1. The summed E-state index contributed by atoms with van der Waals surface area (Å²) in [5, 5.41) is 0.417. The van der Waals surface area contributed by atoms with E-state index in [2.05, 4.69) is 56.7 Å². The van der Waals surface area contributed by atoms with Gasteiger partial charge in [-0.3, -0.25) is 9.52 Å². The molecule has 0 radical (unpaired) electrons. The number of hydrogen-bond acceptors (Lipinski definition) is 7. The van der Waals surface area contributed by atoms with Crippen molar-refractivity contribution in [3.05, 3.63) is 94.5 Å². The molecule has 4 aliphatic rings. The Morgan fingerprint density at radius 2 is 2.00 bits per heavy atom. The molecule has 7 rings (SSSR count). The number of nitrogens with one attached hydrogen (secondary N) is 1. The lowest BCUT2D eigenvalue weighted by Gasteiger charge is -2.46. The third kappa shape index (κ3) is 6.61. The molecule has 1 aromatic heterocycles. The number of hydrogen-bond donors (Lipinski definition) is 1. The van der Waals surface area contributed by atoms with Gasteiger partial charge in [-0.15, -0.1) is 0 Å². The van der Waals surface area contributed by atoms with Gasteiger partial charge in [0, 0.05) is 46.7 Å². The predicted molar refractivity (Wildman–Crippen MR) is 192 cm³/mol. The Morgan fingerprint density at radius 3 is 2.79 bits per heavy atom. The Bertz CT molecular complexity index is 1800. The highest BCUT2D eigenvalue weighted by Gasteiger charge is 2.44. The number of ether oxygens (including phenoxy) is 2. The first-order chi connectivity index (χ1) is 23.1. The number of aryl methyl sites for hydroxylation is 1. The van der Waals surface area contributed by atoms with Gasteiger partial charge in [0.05, 0.1) is 28.1 Å². The molecule has 3 heterocycles. The van der Waals surface area contributed by atoms with Gasteiger partial charge >= 0.3 is 0 Å². The maximum absolute atomic E-state index is 13.8. The van der Waals surface area contributed by atoms with E-state index in [-0.39, 0.29) is 28.6 Å². The second-order valence-corrected chi connectivity index (χ2v) is 17.1. The zero-order valence-corrected chi connectivity index (χ0v) is 29.3. The summed E-state index contributed by atoms with van der Waals surface area (Å²) in [5.41, 5.74) is 3.70. The molecule has 10 heteroatoms. The van der Waals surface area contributed by atoms with Gasteiger partial charge in [0.25, 0.3) is 5.91 Å². The number of benzene rings is 2. The molecule has 1 fully saturated rings. The summed E-state index contributed by atoms with van der Waals surface area (Å²) >= 11 is 6.46. The van der Waals surface area contributed by atoms with Gasteiger partial charge in [-0.05, 0) is 117 Å². The number of carbonyl (C=O) groups excluding carboxylic acids is 1. The standard InChI is InChI=1S/C38H45ClN4O4S/c1-25-7-4-9-34(46-22-36-40-17-6-18-41-36)31-13-10-29(31)21-43-23-38(16-5-8-27-19-30(39)12-14-32(27)38)24-47-35-15-11-28(20-33(35)43)37(44)42-48(3,45)26(25)2/h4,6,9,11-12,14-15,17-20,25-26,29,31,34H,3,5,7-8,10,13,16,21-24H2,1-2H3,(H,42,44,45)/b9-4+/t25-,26+,29-,31+,34-,38-,48?/m0/s1. The highest BCUT2D eigenvalue weighted by atomic mass is 35.5. The summed E-state index contributed by atoms with van der Waals surface area (Å²) in [4.78, 5) is 24.9. The summed E-state index contributed by atoms with van der Waals surface area (Å²) < 4.78 is 29.9. The highest BCUT2D eigenvalue weighted by Crippen LogP contribution is 2.47. The van der Waals surface area contributed by atoms with Crippen LogP contribution >= 0.6 is 11.6 Å². The van der Waals surface area contributed by atoms with Crippen LogP contribution in [-0.4, -0.2) is 57.0 Å². The van der Waals surface area contributed by atoms with Crippen molar-refractivity contribution in [2.45, 2.75) is 75.7 Å². The number of rotatable bonds is 3. The van der Waals surface area contributed by atoms with Crippen molar-refractivity contribution < 1.29 is 18.5 Å². The molecule has 1 unspecified atom stereocenters. The fraction of sp³-hybridized carbons (Fsp3) is 0.474. The predicted octanol–water partition coefficient (Wildman–Crippen LogP) is 6.56. The van der Waals surface area contributed by atoms with Gasteiger partial charge in [0.15, 0.2) is 5.82 Å². The van der Waals surface area contributed by atoms with Crippen LogP contribution in [0, 0.1) is 17.8 Å². The molecular formula is C38H45ClN4O4S. The molecule has 3 aromatic rings. The van der Waals surface area contributed by atoms with Crippen molar-refractivity contribution in [3.8, 4) is 5.75 Å². The summed E-state index contributed by atoms with van der Waals surface area (Å²) in [6.45, 7) is 6.38.